The van der Waals surface area contributed by atoms with E-state index in [4.69, 9.17) is 4.74 Å². The number of rotatable bonds is 5. The highest BCUT2D eigenvalue weighted by molar-refractivity contribution is 5.95. The van der Waals surface area contributed by atoms with Gasteiger partial charge in [0.2, 0.25) is 0 Å². The number of nitrogens with one attached hydrogen (secondary N) is 3. The highest BCUT2D eigenvalue weighted by atomic mass is 16.5. The summed E-state index contributed by atoms with van der Waals surface area (Å²) in [7, 11) is 0. The van der Waals surface area contributed by atoms with Crippen LogP contribution in [0.3, 0.4) is 0 Å². The molecule has 1 aromatic rings. The lowest BCUT2D eigenvalue weighted by molar-refractivity contribution is -0.139. The van der Waals surface area contributed by atoms with E-state index in [2.05, 4.69) is 16.0 Å². The van der Waals surface area contributed by atoms with Gasteiger partial charge in [0.25, 0.3) is 0 Å². The minimum absolute atomic E-state index is 0.148. The molecule has 2 rings (SSSR count). The Bertz CT molecular complexity index is 633. The molecule has 0 saturated carbocycles. The molecule has 0 saturated heterocycles. The van der Waals surface area contributed by atoms with Crippen molar-refractivity contribution in [3.63, 3.8) is 0 Å². The number of urea groups is 1. The first-order valence-electron chi connectivity index (χ1n) is 8.09. The lowest BCUT2D eigenvalue weighted by Gasteiger charge is -2.31. The molecule has 1 heterocycles. The van der Waals surface area contributed by atoms with E-state index in [1.165, 1.54) is 0 Å². The van der Waals surface area contributed by atoms with Gasteiger partial charge in [-0.1, -0.05) is 30.3 Å². The van der Waals surface area contributed by atoms with Crippen molar-refractivity contribution in [2.24, 2.45) is 0 Å². The van der Waals surface area contributed by atoms with Gasteiger partial charge in [-0.3, -0.25) is 0 Å². The molecular formula is C18H25N3O3. The second-order valence-electron chi connectivity index (χ2n) is 6.66. The smallest absolute Gasteiger partial charge is 0.338 e. The molecule has 0 spiro atoms. The summed E-state index contributed by atoms with van der Waals surface area (Å²) in [5, 5.41) is 8.86. The van der Waals surface area contributed by atoms with Crippen molar-refractivity contribution < 1.29 is 14.3 Å². The van der Waals surface area contributed by atoms with Gasteiger partial charge in [0.1, 0.15) is 0 Å². The fraction of sp³-hybridized carbons (Fsp3) is 0.444. The van der Waals surface area contributed by atoms with E-state index in [-0.39, 0.29) is 18.2 Å². The first kappa shape index (κ1) is 18.0. The van der Waals surface area contributed by atoms with E-state index >= 15 is 0 Å². The third-order valence-corrected chi connectivity index (χ3v) is 3.58. The number of hydrogen-bond acceptors (Lipinski definition) is 4. The summed E-state index contributed by atoms with van der Waals surface area (Å²) in [5.74, 6) is -0.426. The Balaban J connectivity index is 2.43. The van der Waals surface area contributed by atoms with Crippen LogP contribution in [0.2, 0.25) is 0 Å². The maximum absolute atomic E-state index is 12.5. The summed E-state index contributed by atoms with van der Waals surface area (Å²) < 4.78 is 5.21. The van der Waals surface area contributed by atoms with Gasteiger partial charge < -0.3 is 20.7 Å². The number of benzene rings is 1. The molecule has 6 heteroatoms. The van der Waals surface area contributed by atoms with Gasteiger partial charge in [0.05, 0.1) is 18.2 Å². The molecule has 24 heavy (non-hydrogen) atoms. The van der Waals surface area contributed by atoms with Gasteiger partial charge in [0.15, 0.2) is 0 Å². The van der Waals surface area contributed by atoms with E-state index < -0.39 is 12.0 Å². The van der Waals surface area contributed by atoms with Crippen LogP contribution >= 0.6 is 0 Å². The lowest BCUT2D eigenvalue weighted by Crippen LogP contribution is -2.49. The highest BCUT2D eigenvalue weighted by Crippen LogP contribution is 2.27. The number of carbonyl (C=O) groups is 2. The fourth-order valence-electron chi connectivity index (χ4n) is 2.46. The number of carbonyl (C=O) groups excluding carboxylic acids is 2. The van der Waals surface area contributed by atoms with Gasteiger partial charge in [-0.2, -0.15) is 0 Å². The molecule has 0 aliphatic carbocycles. The standard InChI is InChI=1S/C18H25N3O3/c1-5-24-16(22)14-13(11-19-18(2,3)4)20-17(23)21-15(14)12-9-7-6-8-10-12/h6-10,15,19H,5,11H2,1-4H3,(H2,20,21,23)/t15-/m0/s1. The largest absolute Gasteiger partial charge is 0.463 e. The molecule has 6 nitrogen and oxygen atoms in total. The zero-order chi connectivity index (χ0) is 17.7. The predicted molar refractivity (Wildman–Crippen MR) is 92.3 cm³/mol. The van der Waals surface area contributed by atoms with Crippen LogP contribution in [0.1, 0.15) is 39.3 Å². The Hall–Kier alpha value is -2.34. The van der Waals surface area contributed by atoms with Gasteiger partial charge in [-0.05, 0) is 33.3 Å². The van der Waals surface area contributed by atoms with Crippen LogP contribution in [-0.2, 0) is 9.53 Å². The van der Waals surface area contributed by atoms with Crippen molar-refractivity contribution in [2.45, 2.75) is 39.3 Å². The van der Waals surface area contributed by atoms with Crippen LogP contribution in [0, 0.1) is 0 Å². The third-order valence-electron chi connectivity index (χ3n) is 3.58. The Morgan fingerprint density at radius 2 is 1.92 bits per heavy atom. The minimum Gasteiger partial charge on any atom is -0.463 e. The van der Waals surface area contributed by atoms with Crippen LogP contribution in [0.25, 0.3) is 0 Å². The van der Waals surface area contributed by atoms with Gasteiger partial charge >= 0.3 is 12.0 Å². The SMILES string of the molecule is CCOC(=O)C1=C(CNC(C)(C)C)NC(=O)N[C@H]1c1ccccc1. The van der Waals surface area contributed by atoms with Crippen molar-refractivity contribution in [3.05, 3.63) is 47.2 Å². The molecule has 0 fully saturated rings. The zero-order valence-electron chi connectivity index (χ0n) is 14.6. The van der Waals surface area contributed by atoms with Crippen LogP contribution in [0.4, 0.5) is 4.79 Å². The van der Waals surface area contributed by atoms with Gasteiger partial charge in [-0.25, -0.2) is 9.59 Å². The summed E-state index contributed by atoms with van der Waals surface area (Å²) in [6.07, 6.45) is 0. The van der Waals surface area contributed by atoms with Gasteiger partial charge in [0, 0.05) is 17.8 Å². The van der Waals surface area contributed by atoms with Crippen molar-refractivity contribution in [1.29, 1.82) is 0 Å². The first-order valence-corrected chi connectivity index (χ1v) is 8.09. The molecule has 1 aromatic carbocycles. The second kappa shape index (κ2) is 7.49. The van der Waals surface area contributed by atoms with E-state index in [0.717, 1.165) is 5.56 Å². The Morgan fingerprint density at radius 3 is 2.50 bits per heavy atom. The Labute approximate surface area is 142 Å². The molecule has 0 bridgehead atoms. The maximum Gasteiger partial charge on any atom is 0.338 e. The molecule has 0 radical (unpaired) electrons. The normalized spacial score (nSPS) is 18.0. The van der Waals surface area contributed by atoms with Gasteiger partial charge in [-0.15, -0.1) is 0 Å². The van der Waals surface area contributed by atoms with Crippen LogP contribution < -0.4 is 16.0 Å². The van der Waals surface area contributed by atoms with Crippen molar-refractivity contribution in [1.82, 2.24) is 16.0 Å². The topological polar surface area (TPSA) is 79.5 Å². The van der Waals surface area contributed by atoms with Crippen molar-refractivity contribution >= 4 is 12.0 Å². The average molecular weight is 331 g/mol. The third kappa shape index (κ3) is 4.58. The molecule has 3 N–H and O–H groups in total. The van der Waals surface area contributed by atoms with E-state index in [9.17, 15) is 9.59 Å². The molecule has 1 atom stereocenters. The molecular weight excluding hydrogens is 306 g/mol. The second-order valence-corrected chi connectivity index (χ2v) is 6.66. The lowest BCUT2D eigenvalue weighted by atomic mass is 9.95. The summed E-state index contributed by atoms with van der Waals surface area (Å²) in [5.41, 5.74) is 1.66. The summed E-state index contributed by atoms with van der Waals surface area (Å²) in [6, 6.07) is 8.54. The molecule has 130 valence electrons. The summed E-state index contributed by atoms with van der Waals surface area (Å²) in [6.45, 7) is 8.48. The number of hydrogen-bond donors (Lipinski definition) is 3. The first-order chi connectivity index (χ1) is 11.3. The van der Waals surface area contributed by atoms with Crippen molar-refractivity contribution in [3.8, 4) is 0 Å². The van der Waals surface area contributed by atoms with Crippen LogP contribution in [0.15, 0.2) is 41.6 Å². The molecule has 1 aliphatic rings. The zero-order valence-corrected chi connectivity index (χ0v) is 14.6. The fourth-order valence-corrected chi connectivity index (χ4v) is 2.46. The monoisotopic (exact) mass is 331 g/mol. The van der Waals surface area contributed by atoms with E-state index in [0.29, 0.717) is 17.8 Å². The molecule has 0 aromatic heterocycles. The van der Waals surface area contributed by atoms with E-state index in [1.54, 1.807) is 6.92 Å². The minimum atomic E-state index is -0.532. The Kier molecular flexibility index (Phi) is 5.62. The number of ether oxygens (including phenoxy) is 1. The summed E-state index contributed by atoms with van der Waals surface area (Å²) >= 11 is 0. The number of amides is 2. The summed E-state index contributed by atoms with van der Waals surface area (Å²) in [4.78, 5) is 24.6. The average Bonchev–Trinajstić information content (AvgIpc) is 2.52. The molecule has 1 aliphatic heterocycles. The molecule has 0 unspecified atom stereocenters. The molecule has 2 amide bonds. The van der Waals surface area contributed by atoms with E-state index in [1.807, 2.05) is 51.1 Å². The Morgan fingerprint density at radius 1 is 1.25 bits per heavy atom. The predicted octanol–water partition coefficient (Wildman–Crippen LogP) is 2.25. The highest BCUT2D eigenvalue weighted by Gasteiger charge is 2.33. The van der Waals surface area contributed by atoms with Crippen LogP contribution in [0.5, 0.6) is 0 Å². The number of esters is 1. The van der Waals surface area contributed by atoms with Crippen molar-refractivity contribution in [2.75, 3.05) is 13.2 Å². The quantitative estimate of drug-likeness (QED) is 0.723. The maximum atomic E-state index is 12.5. The van der Waals surface area contributed by atoms with Crippen LogP contribution in [-0.4, -0.2) is 30.7 Å².